The molecule has 0 aliphatic carbocycles. The van der Waals surface area contributed by atoms with Crippen molar-refractivity contribution in [3.05, 3.63) is 84.8 Å². The van der Waals surface area contributed by atoms with Gasteiger partial charge in [0, 0.05) is 19.0 Å². The molecule has 0 radical (unpaired) electrons. The predicted octanol–water partition coefficient (Wildman–Crippen LogP) is 6.71. The SMILES string of the molecule is O=C(Oc1cccc(N2C(=O)c3c(Cl)c(Cl)c(Cl)c(Cl)c3C2=O)c1)[C@@H]1CC(=O)N(c2ccccc2Cl)C1. The zero-order valence-corrected chi connectivity index (χ0v) is 22.2. The standard InChI is InChI=1S/C25H13Cl5N2O5/c26-14-6-1-2-7-15(14)31-10-11(8-16(31)33)25(36)37-13-5-3-4-12(9-13)32-23(34)17-18(24(32)35)20(28)22(30)21(29)19(17)27/h1-7,9,11H,8,10H2/t11-/m1/s1. The van der Waals surface area contributed by atoms with Crippen LogP contribution < -0.4 is 14.5 Å². The van der Waals surface area contributed by atoms with Crippen LogP contribution in [0.1, 0.15) is 27.1 Å². The molecule has 0 unspecified atom stereocenters. The highest BCUT2D eigenvalue weighted by atomic mass is 35.5. The maximum Gasteiger partial charge on any atom is 0.316 e. The monoisotopic (exact) mass is 596 g/mol. The first-order valence-electron chi connectivity index (χ1n) is 10.7. The summed E-state index contributed by atoms with van der Waals surface area (Å²) in [7, 11) is 0. The van der Waals surface area contributed by atoms with Gasteiger partial charge in [-0.3, -0.25) is 19.2 Å². The number of hydrogen-bond acceptors (Lipinski definition) is 5. The van der Waals surface area contributed by atoms with Crippen molar-refractivity contribution < 1.29 is 23.9 Å². The lowest BCUT2D eigenvalue weighted by molar-refractivity contribution is -0.139. The number of carbonyl (C=O) groups is 4. The van der Waals surface area contributed by atoms with Crippen LogP contribution in [-0.2, 0) is 9.59 Å². The summed E-state index contributed by atoms with van der Waals surface area (Å²) in [5, 5.41) is -0.280. The number of ether oxygens (including phenoxy) is 1. The molecule has 2 heterocycles. The van der Waals surface area contributed by atoms with Gasteiger partial charge in [-0.2, -0.15) is 0 Å². The first-order chi connectivity index (χ1) is 17.6. The molecule has 1 saturated heterocycles. The number of rotatable bonds is 4. The van der Waals surface area contributed by atoms with Crippen molar-refractivity contribution in [1.29, 1.82) is 0 Å². The molecule has 188 valence electrons. The number of fused-ring (bicyclic) bond motifs is 1. The molecule has 0 bridgehead atoms. The third-order valence-electron chi connectivity index (χ3n) is 6.00. The van der Waals surface area contributed by atoms with Gasteiger partial charge in [0.1, 0.15) is 5.75 Å². The molecule has 1 fully saturated rings. The Kier molecular flexibility index (Phi) is 6.85. The van der Waals surface area contributed by atoms with E-state index in [2.05, 4.69) is 0 Å². The molecule has 2 aliphatic rings. The molecule has 3 aromatic rings. The van der Waals surface area contributed by atoms with Crippen molar-refractivity contribution in [3.8, 4) is 5.75 Å². The summed E-state index contributed by atoms with van der Waals surface area (Å²) in [4.78, 5) is 53.9. The number of imide groups is 1. The van der Waals surface area contributed by atoms with Gasteiger partial charge in [-0.1, -0.05) is 76.2 Å². The summed E-state index contributed by atoms with van der Waals surface area (Å²) in [6.07, 6.45) is -0.0549. The maximum atomic E-state index is 13.1. The topological polar surface area (TPSA) is 84.0 Å². The van der Waals surface area contributed by atoms with Gasteiger partial charge < -0.3 is 9.64 Å². The average Bonchev–Trinajstić information content (AvgIpc) is 3.38. The Morgan fingerprint density at radius 1 is 0.811 bits per heavy atom. The van der Waals surface area contributed by atoms with Crippen molar-refractivity contribution in [2.75, 3.05) is 16.3 Å². The normalized spacial score (nSPS) is 17.0. The molecule has 0 aromatic heterocycles. The number of anilines is 2. The van der Waals surface area contributed by atoms with E-state index in [9.17, 15) is 19.2 Å². The van der Waals surface area contributed by atoms with Gasteiger partial charge >= 0.3 is 5.97 Å². The van der Waals surface area contributed by atoms with Gasteiger partial charge in [-0.05, 0) is 24.3 Å². The van der Waals surface area contributed by atoms with Gasteiger partial charge in [-0.25, -0.2) is 4.90 Å². The minimum Gasteiger partial charge on any atom is -0.426 e. The summed E-state index contributed by atoms with van der Waals surface area (Å²) in [6, 6.07) is 12.6. The Bertz CT molecular complexity index is 1480. The summed E-state index contributed by atoms with van der Waals surface area (Å²) in [5.74, 6) is -3.10. The van der Waals surface area contributed by atoms with Gasteiger partial charge in [-0.15, -0.1) is 0 Å². The van der Waals surface area contributed by atoms with Gasteiger partial charge in [0.2, 0.25) is 5.91 Å². The maximum absolute atomic E-state index is 13.1. The highest BCUT2D eigenvalue weighted by molar-refractivity contribution is 6.56. The number of carbonyl (C=O) groups excluding carboxylic acids is 4. The zero-order valence-electron chi connectivity index (χ0n) is 18.4. The largest absolute Gasteiger partial charge is 0.426 e. The second-order valence-electron chi connectivity index (χ2n) is 8.23. The van der Waals surface area contributed by atoms with Crippen LogP contribution in [0.5, 0.6) is 5.75 Å². The lowest BCUT2D eigenvalue weighted by Gasteiger charge is -2.18. The summed E-state index contributed by atoms with van der Waals surface area (Å²) < 4.78 is 5.50. The second kappa shape index (κ2) is 9.82. The third kappa shape index (κ3) is 4.35. The van der Waals surface area contributed by atoms with Crippen molar-refractivity contribution in [2.24, 2.45) is 5.92 Å². The van der Waals surface area contributed by atoms with E-state index in [1.807, 2.05) is 0 Å². The molecule has 3 aromatic carbocycles. The fourth-order valence-electron chi connectivity index (χ4n) is 4.24. The van der Waals surface area contributed by atoms with E-state index in [4.69, 9.17) is 62.7 Å². The Morgan fingerprint density at radius 2 is 1.43 bits per heavy atom. The molecule has 5 rings (SSSR count). The van der Waals surface area contributed by atoms with Crippen LogP contribution in [0.3, 0.4) is 0 Å². The van der Waals surface area contributed by atoms with Gasteiger partial charge in [0.05, 0.1) is 53.5 Å². The molecular formula is C25H13Cl5N2O5. The average molecular weight is 599 g/mol. The molecule has 7 nitrogen and oxygen atoms in total. The lowest BCUT2D eigenvalue weighted by atomic mass is 10.1. The van der Waals surface area contributed by atoms with Crippen molar-refractivity contribution in [1.82, 2.24) is 0 Å². The Balaban J connectivity index is 1.37. The van der Waals surface area contributed by atoms with Crippen molar-refractivity contribution in [3.63, 3.8) is 0 Å². The number of esters is 1. The lowest BCUT2D eigenvalue weighted by Crippen LogP contribution is -2.29. The van der Waals surface area contributed by atoms with Crippen LogP contribution in [0, 0.1) is 5.92 Å². The zero-order chi connectivity index (χ0) is 26.6. The molecule has 37 heavy (non-hydrogen) atoms. The Morgan fingerprint density at radius 3 is 2.05 bits per heavy atom. The molecule has 0 spiro atoms. The summed E-state index contributed by atoms with van der Waals surface area (Å²) in [6.45, 7) is 0.0953. The van der Waals surface area contributed by atoms with E-state index in [0.717, 1.165) is 4.90 Å². The molecule has 1 atom stereocenters. The van der Waals surface area contributed by atoms with Crippen LogP contribution in [-0.4, -0.2) is 30.2 Å². The van der Waals surface area contributed by atoms with Crippen LogP contribution in [0.15, 0.2) is 48.5 Å². The van der Waals surface area contributed by atoms with E-state index in [1.54, 1.807) is 24.3 Å². The fraction of sp³-hybridized carbons (Fsp3) is 0.120. The van der Waals surface area contributed by atoms with Crippen LogP contribution in [0.25, 0.3) is 0 Å². The van der Waals surface area contributed by atoms with E-state index in [0.29, 0.717) is 10.7 Å². The first-order valence-corrected chi connectivity index (χ1v) is 12.6. The Labute approximate surface area is 235 Å². The van der Waals surface area contributed by atoms with Crippen LogP contribution in [0.2, 0.25) is 25.1 Å². The second-order valence-corrected chi connectivity index (χ2v) is 10.1. The molecule has 2 aliphatic heterocycles. The number of para-hydroxylation sites is 1. The smallest absolute Gasteiger partial charge is 0.316 e. The predicted molar refractivity (Wildman–Crippen MR) is 142 cm³/mol. The van der Waals surface area contributed by atoms with E-state index in [-0.39, 0.29) is 61.5 Å². The highest BCUT2D eigenvalue weighted by Gasteiger charge is 2.43. The minimum absolute atomic E-state index is 0.0549. The summed E-state index contributed by atoms with van der Waals surface area (Å²) >= 11 is 30.7. The van der Waals surface area contributed by atoms with Crippen LogP contribution in [0.4, 0.5) is 11.4 Å². The fourth-order valence-corrected chi connectivity index (χ4v) is 5.49. The molecule has 0 N–H and O–H groups in total. The van der Waals surface area contributed by atoms with Crippen molar-refractivity contribution in [2.45, 2.75) is 6.42 Å². The number of halogens is 5. The quantitative estimate of drug-likeness (QED) is 0.110. The van der Waals surface area contributed by atoms with Gasteiger partial charge in [0.15, 0.2) is 0 Å². The Hall–Kier alpha value is -2.81. The molecule has 12 heteroatoms. The molecular weight excluding hydrogens is 586 g/mol. The van der Waals surface area contributed by atoms with Crippen LogP contribution >= 0.6 is 58.0 Å². The first kappa shape index (κ1) is 25.8. The van der Waals surface area contributed by atoms with E-state index < -0.39 is 23.7 Å². The van der Waals surface area contributed by atoms with E-state index >= 15 is 0 Å². The molecule has 3 amide bonds. The highest BCUT2D eigenvalue weighted by Crippen LogP contribution is 2.46. The third-order valence-corrected chi connectivity index (χ3v) is 8.12. The number of benzene rings is 3. The van der Waals surface area contributed by atoms with Crippen molar-refractivity contribution >= 4 is 93.1 Å². The molecule has 0 saturated carbocycles. The van der Waals surface area contributed by atoms with Gasteiger partial charge in [0.25, 0.3) is 11.8 Å². The number of hydrogen-bond donors (Lipinski definition) is 0. The minimum atomic E-state index is -0.759. The summed E-state index contributed by atoms with van der Waals surface area (Å²) in [5.41, 5.74) is 0.279. The van der Waals surface area contributed by atoms with E-state index in [1.165, 1.54) is 29.2 Å². The number of nitrogens with zero attached hydrogens (tertiary/aromatic N) is 2. The number of amides is 3.